The fourth-order valence-corrected chi connectivity index (χ4v) is 7.15. The number of hydrogen-bond acceptors (Lipinski definition) is 5. The summed E-state index contributed by atoms with van der Waals surface area (Å²) in [4.78, 5) is 13.1. The number of hydrogen-bond donors (Lipinski definition) is 1. The topological polar surface area (TPSA) is 65.0 Å². The molecule has 5 nitrogen and oxygen atoms in total. The number of ketones is 1. The Bertz CT molecular complexity index is 603. The lowest BCUT2D eigenvalue weighted by molar-refractivity contribution is -0.257. The van der Waals surface area contributed by atoms with Gasteiger partial charge in [-0.15, -0.1) is 0 Å². The first-order chi connectivity index (χ1) is 12.1. The van der Waals surface area contributed by atoms with Gasteiger partial charge in [-0.3, -0.25) is 4.79 Å². The van der Waals surface area contributed by atoms with Crippen LogP contribution in [0.15, 0.2) is 0 Å². The van der Waals surface area contributed by atoms with Gasteiger partial charge in [-0.05, 0) is 31.1 Å². The van der Waals surface area contributed by atoms with E-state index in [1.54, 1.807) is 7.11 Å². The molecule has 0 aromatic heterocycles. The lowest BCUT2D eigenvalue weighted by atomic mass is 9.43. The van der Waals surface area contributed by atoms with Crippen LogP contribution in [0, 0.1) is 22.7 Å². The third-order valence-electron chi connectivity index (χ3n) is 8.43. The van der Waals surface area contributed by atoms with Crippen molar-refractivity contribution >= 4 is 5.78 Å². The van der Waals surface area contributed by atoms with E-state index in [-0.39, 0.29) is 40.3 Å². The molecule has 2 aliphatic heterocycles. The van der Waals surface area contributed by atoms with Crippen LogP contribution in [-0.2, 0) is 19.0 Å². The van der Waals surface area contributed by atoms with E-state index in [0.29, 0.717) is 6.61 Å². The van der Waals surface area contributed by atoms with Gasteiger partial charge in [-0.1, -0.05) is 34.1 Å². The highest BCUT2D eigenvalue weighted by atomic mass is 16.7. The first-order valence-corrected chi connectivity index (χ1v) is 10.2. The Balaban J connectivity index is 1.76. The normalized spacial score (nSPS) is 53.4. The van der Waals surface area contributed by atoms with Gasteiger partial charge in [-0.25, -0.2) is 0 Å². The average molecular weight is 366 g/mol. The molecule has 0 bridgehead atoms. The molecular formula is C21H34O5. The predicted molar refractivity (Wildman–Crippen MR) is 96.6 cm³/mol. The van der Waals surface area contributed by atoms with Crippen LogP contribution >= 0.6 is 0 Å². The molecule has 1 N–H and O–H groups in total. The number of Topliss-reactive ketones (excluding diaryl/α,β-unsaturated/α-hetero) is 1. The van der Waals surface area contributed by atoms with Gasteiger partial charge in [0.2, 0.25) is 0 Å². The number of aliphatic hydroxyl groups is 1. The molecule has 2 saturated carbocycles. The number of fused-ring (bicyclic) bond motifs is 2. The zero-order valence-corrected chi connectivity index (χ0v) is 16.8. The van der Waals surface area contributed by atoms with Crippen LogP contribution in [0.25, 0.3) is 0 Å². The highest BCUT2D eigenvalue weighted by Gasteiger charge is 2.72. The minimum absolute atomic E-state index is 0.0401. The Hall–Kier alpha value is -0.490. The van der Waals surface area contributed by atoms with Crippen LogP contribution in [0.4, 0.5) is 0 Å². The highest BCUT2D eigenvalue weighted by molar-refractivity contribution is 5.88. The molecule has 148 valence electrons. The Morgan fingerprint density at radius 1 is 1.15 bits per heavy atom. The minimum Gasteiger partial charge on any atom is -0.385 e. The quantitative estimate of drug-likeness (QED) is 0.773. The first-order valence-electron chi connectivity index (χ1n) is 10.2. The van der Waals surface area contributed by atoms with E-state index in [9.17, 15) is 9.90 Å². The number of rotatable bonds is 1. The summed E-state index contributed by atoms with van der Waals surface area (Å²) in [5.41, 5.74) is -1.16. The second kappa shape index (κ2) is 5.76. The van der Waals surface area contributed by atoms with Crippen molar-refractivity contribution in [2.24, 2.45) is 22.7 Å². The van der Waals surface area contributed by atoms with Crippen LogP contribution in [0.1, 0.15) is 66.2 Å². The monoisotopic (exact) mass is 366 g/mol. The van der Waals surface area contributed by atoms with E-state index in [0.717, 1.165) is 38.5 Å². The van der Waals surface area contributed by atoms with Crippen molar-refractivity contribution in [3.8, 4) is 0 Å². The molecule has 4 aliphatic rings. The lowest BCUT2D eigenvalue weighted by Gasteiger charge is -2.64. The van der Waals surface area contributed by atoms with E-state index in [1.165, 1.54) is 0 Å². The van der Waals surface area contributed by atoms with E-state index in [4.69, 9.17) is 14.2 Å². The summed E-state index contributed by atoms with van der Waals surface area (Å²) in [5.74, 6) is -0.404. The number of ether oxygens (including phenoxy) is 3. The second-order valence-electron chi connectivity index (χ2n) is 10.2. The van der Waals surface area contributed by atoms with Crippen molar-refractivity contribution in [3.05, 3.63) is 0 Å². The van der Waals surface area contributed by atoms with Crippen LogP contribution in [0.3, 0.4) is 0 Å². The van der Waals surface area contributed by atoms with Gasteiger partial charge in [0.25, 0.3) is 0 Å². The predicted octanol–water partition coefficient (Wildman–Crippen LogP) is 3.08. The highest BCUT2D eigenvalue weighted by Crippen LogP contribution is 2.67. The maximum atomic E-state index is 13.1. The van der Waals surface area contributed by atoms with Crippen LogP contribution in [0.2, 0.25) is 0 Å². The summed E-state index contributed by atoms with van der Waals surface area (Å²) in [6, 6.07) is 0. The van der Waals surface area contributed by atoms with E-state index >= 15 is 0 Å². The molecular weight excluding hydrogens is 332 g/mol. The molecule has 2 spiro atoms. The van der Waals surface area contributed by atoms with Crippen molar-refractivity contribution in [2.45, 2.75) is 89.8 Å². The third-order valence-corrected chi connectivity index (χ3v) is 8.43. The van der Waals surface area contributed by atoms with Gasteiger partial charge < -0.3 is 19.3 Å². The molecule has 2 heterocycles. The molecule has 2 aliphatic carbocycles. The van der Waals surface area contributed by atoms with E-state index in [1.807, 2.05) is 6.92 Å². The molecule has 0 radical (unpaired) electrons. The largest absolute Gasteiger partial charge is 0.385 e. The van der Waals surface area contributed by atoms with Crippen molar-refractivity contribution < 1.29 is 24.1 Å². The molecule has 4 fully saturated rings. The van der Waals surface area contributed by atoms with Gasteiger partial charge in [0.15, 0.2) is 12.1 Å². The first kappa shape index (κ1) is 18.9. The molecule has 0 unspecified atom stereocenters. The summed E-state index contributed by atoms with van der Waals surface area (Å²) in [6.07, 6.45) is 4.52. The SMILES string of the molecule is CO[C@H]1C[C@]2(CC[C@@]3(O2)[C@H](C)C(=O)[C@@H](O)[C@H]2C(C)(C)CCC[C@@]23C)CO1. The zero-order valence-electron chi connectivity index (χ0n) is 16.8. The summed E-state index contributed by atoms with van der Waals surface area (Å²) in [5, 5.41) is 11.0. The Kier molecular flexibility index (Phi) is 4.17. The maximum absolute atomic E-state index is 13.1. The third kappa shape index (κ3) is 2.27. The Morgan fingerprint density at radius 2 is 1.88 bits per heavy atom. The minimum atomic E-state index is -0.886. The van der Waals surface area contributed by atoms with Gasteiger partial charge in [0.1, 0.15) is 6.10 Å². The van der Waals surface area contributed by atoms with Crippen LogP contribution in [-0.4, -0.2) is 48.2 Å². The molecule has 4 rings (SSSR count). The summed E-state index contributed by atoms with van der Waals surface area (Å²) >= 11 is 0. The van der Waals surface area contributed by atoms with Crippen molar-refractivity contribution in [1.82, 2.24) is 0 Å². The second-order valence-corrected chi connectivity index (χ2v) is 10.2. The summed E-state index contributed by atoms with van der Waals surface area (Å²) in [7, 11) is 1.67. The van der Waals surface area contributed by atoms with Gasteiger partial charge in [0, 0.05) is 30.8 Å². The van der Waals surface area contributed by atoms with Gasteiger partial charge in [0.05, 0.1) is 17.8 Å². The number of methoxy groups -OCH3 is 1. The van der Waals surface area contributed by atoms with E-state index in [2.05, 4.69) is 20.8 Å². The molecule has 7 atom stereocenters. The molecule has 0 aromatic carbocycles. The van der Waals surface area contributed by atoms with Crippen LogP contribution in [0.5, 0.6) is 0 Å². The van der Waals surface area contributed by atoms with Crippen LogP contribution < -0.4 is 0 Å². The molecule has 0 aromatic rings. The van der Waals surface area contributed by atoms with Crippen molar-refractivity contribution in [1.29, 1.82) is 0 Å². The number of carbonyl (C=O) groups excluding carboxylic acids is 1. The Labute approximate surface area is 156 Å². The van der Waals surface area contributed by atoms with Gasteiger partial charge in [-0.2, -0.15) is 0 Å². The van der Waals surface area contributed by atoms with Crippen molar-refractivity contribution in [2.75, 3.05) is 13.7 Å². The molecule has 0 amide bonds. The standard InChI is InChI=1S/C21H34O5/c1-13-15(22)16(23)17-18(2,3)7-6-8-19(17,4)21(13)10-9-20(26-21)11-14(24-5)25-12-20/h13-14,16-17,23H,6-12H2,1-5H3/t13-,14-,16-,17+,19+,20-,21-/m1/s1. The fourth-order valence-electron chi connectivity index (χ4n) is 7.15. The molecule has 5 heteroatoms. The average Bonchev–Trinajstić information content (AvgIpc) is 3.16. The smallest absolute Gasteiger partial charge is 0.167 e. The maximum Gasteiger partial charge on any atom is 0.167 e. The van der Waals surface area contributed by atoms with Gasteiger partial charge >= 0.3 is 0 Å². The summed E-state index contributed by atoms with van der Waals surface area (Å²) < 4.78 is 18.1. The lowest BCUT2D eigenvalue weighted by Crippen LogP contribution is -2.70. The number of aliphatic hydroxyl groups excluding tert-OH is 1. The Morgan fingerprint density at radius 3 is 2.54 bits per heavy atom. The number of carbonyl (C=O) groups is 1. The summed E-state index contributed by atoms with van der Waals surface area (Å²) in [6.45, 7) is 9.19. The van der Waals surface area contributed by atoms with Crippen molar-refractivity contribution in [3.63, 3.8) is 0 Å². The molecule has 2 saturated heterocycles. The fraction of sp³-hybridized carbons (Fsp3) is 0.952. The molecule has 26 heavy (non-hydrogen) atoms. The van der Waals surface area contributed by atoms with E-state index < -0.39 is 11.7 Å². The zero-order chi connectivity index (χ0) is 19.0.